The van der Waals surface area contributed by atoms with Gasteiger partial charge in [-0.1, -0.05) is 38.1 Å². The van der Waals surface area contributed by atoms with Gasteiger partial charge in [0.25, 0.3) is 5.91 Å². The van der Waals surface area contributed by atoms with Gasteiger partial charge in [-0.2, -0.15) is 0 Å². The summed E-state index contributed by atoms with van der Waals surface area (Å²) in [6.45, 7) is 4.01. The maximum absolute atomic E-state index is 13.4. The summed E-state index contributed by atoms with van der Waals surface area (Å²) in [5.74, 6) is -0.122. The van der Waals surface area contributed by atoms with Crippen LogP contribution in [0.2, 0.25) is 0 Å². The number of nitrogens with one attached hydrogen (secondary N) is 1. The van der Waals surface area contributed by atoms with Crippen molar-refractivity contribution in [2.75, 3.05) is 6.54 Å². The zero-order valence-corrected chi connectivity index (χ0v) is 17.1. The molecule has 1 N–H and O–H groups in total. The molecule has 1 amide bonds. The zero-order chi connectivity index (χ0) is 20.9. The molecule has 0 saturated heterocycles. The standard InChI is InChI=1S/C22H23N3O3S/c1-16(2)17-8-10-19(11-9-17)29(27,28)21(18-6-5-12-23-14-18)15-25-22(26)20-7-3-4-13-24-20/h3-14,16,21H,15H2,1-2H3,(H,25,26)/t21-/m0/s1. The van der Waals surface area contributed by atoms with Gasteiger partial charge in [-0.05, 0) is 47.4 Å². The van der Waals surface area contributed by atoms with E-state index in [4.69, 9.17) is 0 Å². The molecule has 0 unspecified atom stereocenters. The van der Waals surface area contributed by atoms with Crippen LogP contribution in [-0.2, 0) is 9.84 Å². The molecule has 0 fully saturated rings. The lowest BCUT2D eigenvalue weighted by Crippen LogP contribution is -2.32. The Balaban J connectivity index is 1.90. The van der Waals surface area contributed by atoms with Crippen molar-refractivity contribution in [3.8, 4) is 0 Å². The molecular formula is C22H23N3O3S. The predicted molar refractivity (Wildman–Crippen MR) is 111 cm³/mol. The van der Waals surface area contributed by atoms with Gasteiger partial charge in [-0.25, -0.2) is 8.42 Å². The number of aromatic nitrogens is 2. The van der Waals surface area contributed by atoms with Crippen molar-refractivity contribution in [2.24, 2.45) is 0 Å². The second-order valence-corrected chi connectivity index (χ2v) is 9.10. The van der Waals surface area contributed by atoms with Gasteiger partial charge in [0, 0.05) is 25.1 Å². The lowest BCUT2D eigenvalue weighted by atomic mass is 10.0. The predicted octanol–water partition coefficient (Wildman–Crippen LogP) is 3.55. The van der Waals surface area contributed by atoms with Crippen molar-refractivity contribution in [3.63, 3.8) is 0 Å². The number of benzene rings is 1. The fourth-order valence-electron chi connectivity index (χ4n) is 2.95. The highest BCUT2D eigenvalue weighted by Crippen LogP contribution is 2.29. The summed E-state index contributed by atoms with van der Waals surface area (Å²) in [7, 11) is -3.75. The van der Waals surface area contributed by atoms with Gasteiger partial charge >= 0.3 is 0 Å². The minimum absolute atomic E-state index is 0.0879. The molecule has 29 heavy (non-hydrogen) atoms. The SMILES string of the molecule is CC(C)c1ccc(S(=O)(=O)[C@@H](CNC(=O)c2ccccn2)c2cccnc2)cc1. The highest BCUT2D eigenvalue weighted by molar-refractivity contribution is 7.91. The topological polar surface area (TPSA) is 89.0 Å². The van der Waals surface area contributed by atoms with Crippen molar-refractivity contribution in [3.05, 3.63) is 90.0 Å². The van der Waals surface area contributed by atoms with E-state index in [1.54, 1.807) is 48.7 Å². The molecule has 2 aromatic heterocycles. The Morgan fingerprint density at radius 2 is 1.72 bits per heavy atom. The Morgan fingerprint density at radius 1 is 0.966 bits per heavy atom. The normalized spacial score (nSPS) is 12.5. The van der Waals surface area contributed by atoms with Crippen LogP contribution in [-0.4, -0.2) is 30.8 Å². The number of amides is 1. The van der Waals surface area contributed by atoms with E-state index in [1.807, 2.05) is 12.1 Å². The van der Waals surface area contributed by atoms with Crippen molar-refractivity contribution < 1.29 is 13.2 Å². The number of sulfone groups is 1. The van der Waals surface area contributed by atoms with Crippen LogP contribution in [0.1, 0.15) is 46.6 Å². The Labute approximate surface area is 171 Å². The minimum atomic E-state index is -3.75. The Morgan fingerprint density at radius 3 is 2.31 bits per heavy atom. The number of carbonyl (C=O) groups is 1. The minimum Gasteiger partial charge on any atom is -0.349 e. The molecule has 7 heteroatoms. The van der Waals surface area contributed by atoms with Crippen LogP contribution >= 0.6 is 0 Å². The smallest absolute Gasteiger partial charge is 0.269 e. The van der Waals surface area contributed by atoms with Crippen LogP contribution in [0.15, 0.2) is 78.1 Å². The van der Waals surface area contributed by atoms with Gasteiger partial charge in [0.15, 0.2) is 9.84 Å². The molecule has 0 radical (unpaired) electrons. The third kappa shape index (κ3) is 4.86. The summed E-state index contributed by atoms with van der Waals surface area (Å²) in [4.78, 5) is 20.6. The molecule has 0 saturated carbocycles. The summed E-state index contributed by atoms with van der Waals surface area (Å²) in [6.07, 6.45) is 4.61. The largest absolute Gasteiger partial charge is 0.349 e. The molecule has 1 atom stereocenters. The molecule has 2 heterocycles. The quantitative estimate of drug-likeness (QED) is 0.645. The first-order chi connectivity index (χ1) is 13.9. The number of carbonyl (C=O) groups excluding carboxylic acids is 1. The number of nitrogens with zero attached hydrogens (tertiary/aromatic N) is 2. The van der Waals surface area contributed by atoms with Gasteiger partial charge in [-0.3, -0.25) is 14.8 Å². The molecule has 0 aliphatic heterocycles. The molecule has 0 spiro atoms. The van der Waals surface area contributed by atoms with Crippen LogP contribution in [0.3, 0.4) is 0 Å². The molecule has 0 aliphatic carbocycles. The maximum atomic E-state index is 13.4. The van der Waals surface area contributed by atoms with Crippen LogP contribution in [0.25, 0.3) is 0 Å². The summed E-state index contributed by atoms with van der Waals surface area (Å²) in [6, 6.07) is 15.3. The molecule has 1 aromatic carbocycles. The first kappa shape index (κ1) is 20.7. The van der Waals surface area contributed by atoms with E-state index < -0.39 is 21.0 Å². The third-order valence-corrected chi connectivity index (χ3v) is 6.77. The Hall–Kier alpha value is -3.06. The Kier molecular flexibility index (Phi) is 6.39. The first-order valence-electron chi connectivity index (χ1n) is 9.32. The monoisotopic (exact) mass is 409 g/mol. The second kappa shape index (κ2) is 8.96. The van der Waals surface area contributed by atoms with Crippen LogP contribution < -0.4 is 5.32 Å². The fourth-order valence-corrected chi connectivity index (χ4v) is 4.60. The highest BCUT2D eigenvalue weighted by Gasteiger charge is 2.30. The molecule has 150 valence electrons. The maximum Gasteiger partial charge on any atom is 0.269 e. The van der Waals surface area contributed by atoms with Crippen LogP contribution in [0.4, 0.5) is 0 Å². The third-order valence-electron chi connectivity index (χ3n) is 4.65. The fraction of sp³-hybridized carbons (Fsp3) is 0.227. The van der Waals surface area contributed by atoms with Crippen molar-refractivity contribution in [1.29, 1.82) is 0 Å². The summed E-state index contributed by atoms with van der Waals surface area (Å²) in [5, 5.41) is 1.73. The average molecular weight is 410 g/mol. The highest BCUT2D eigenvalue weighted by atomic mass is 32.2. The molecule has 0 aliphatic rings. The lowest BCUT2D eigenvalue weighted by molar-refractivity contribution is 0.0948. The number of hydrogen-bond acceptors (Lipinski definition) is 5. The molecule has 3 aromatic rings. The van der Waals surface area contributed by atoms with Crippen molar-refractivity contribution in [1.82, 2.24) is 15.3 Å². The average Bonchev–Trinajstić information content (AvgIpc) is 2.75. The van der Waals surface area contributed by atoms with Gasteiger partial charge in [-0.15, -0.1) is 0 Å². The van der Waals surface area contributed by atoms with E-state index in [2.05, 4.69) is 29.1 Å². The molecule has 0 bridgehead atoms. The zero-order valence-electron chi connectivity index (χ0n) is 16.3. The lowest BCUT2D eigenvalue weighted by Gasteiger charge is -2.19. The van der Waals surface area contributed by atoms with Crippen molar-refractivity contribution in [2.45, 2.75) is 29.9 Å². The van der Waals surface area contributed by atoms with E-state index in [1.165, 1.54) is 12.4 Å². The number of rotatable bonds is 7. The summed E-state index contributed by atoms with van der Waals surface area (Å²) >= 11 is 0. The molecule has 3 rings (SSSR count). The Bertz CT molecular complexity index is 1050. The van der Waals surface area contributed by atoms with Gasteiger partial charge < -0.3 is 5.32 Å². The van der Waals surface area contributed by atoms with Crippen LogP contribution in [0, 0.1) is 0 Å². The van der Waals surface area contributed by atoms with Gasteiger partial charge in [0.05, 0.1) is 4.90 Å². The van der Waals surface area contributed by atoms with E-state index in [0.29, 0.717) is 11.5 Å². The summed E-state index contributed by atoms with van der Waals surface area (Å²) in [5.41, 5.74) is 1.81. The molecular weight excluding hydrogens is 386 g/mol. The molecule has 6 nitrogen and oxygen atoms in total. The van der Waals surface area contributed by atoms with E-state index in [9.17, 15) is 13.2 Å². The van der Waals surface area contributed by atoms with Crippen LogP contribution in [0.5, 0.6) is 0 Å². The second-order valence-electron chi connectivity index (χ2n) is 6.97. The number of pyridine rings is 2. The van der Waals surface area contributed by atoms with Gasteiger partial charge in [0.2, 0.25) is 0 Å². The van der Waals surface area contributed by atoms with Crippen molar-refractivity contribution >= 4 is 15.7 Å². The van der Waals surface area contributed by atoms with E-state index in [-0.39, 0.29) is 17.1 Å². The van der Waals surface area contributed by atoms with E-state index in [0.717, 1.165) is 5.56 Å². The first-order valence-corrected chi connectivity index (χ1v) is 10.9. The number of hydrogen-bond donors (Lipinski definition) is 1. The van der Waals surface area contributed by atoms with E-state index >= 15 is 0 Å². The summed E-state index contributed by atoms with van der Waals surface area (Å²) < 4.78 is 26.7. The van der Waals surface area contributed by atoms with Gasteiger partial charge in [0.1, 0.15) is 10.9 Å².